The number of methoxy groups -OCH3 is 1. The summed E-state index contributed by atoms with van der Waals surface area (Å²) in [5.74, 6) is -7.75. The second-order valence-corrected chi connectivity index (χ2v) is 19.1. The van der Waals surface area contributed by atoms with Crippen LogP contribution in [0.25, 0.3) is 10.8 Å². The van der Waals surface area contributed by atoms with E-state index in [-0.39, 0.29) is 56.3 Å². The molecule has 1 saturated heterocycles. The van der Waals surface area contributed by atoms with Crippen molar-refractivity contribution >= 4 is 44.6 Å². The van der Waals surface area contributed by atoms with Gasteiger partial charge in [-0.3, -0.25) is 24.0 Å². The highest BCUT2D eigenvalue weighted by Gasteiger charge is 2.64. The van der Waals surface area contributed by atoms with Crippen LogP contribution < -0.4 is 19.5 Å². The van der Waals surface area contributed by atoms with Crippen LogP contribution >= 0.6 is 0 Å². The van der Waals surface area contributed by atoms with E-state index >= 15 is 13.6 Å². The Kier molecular flexibility index (Phi) is 11.5. The summed E-state index contributed by atoms with van der Waals surface area (Å²) in [6.07, 6.45) is 1.91. The smallest absolute Gasteiger partial charge is 0.408 e. The van der Waals surface area contributed by atoms with E-state index in [2.05, 4.69) is 10.3 Å². The van der Waals surface area contributed by atoms with Gasteiger partial charge in [-0.15, -0.1) is 0 Å². The molecule has 6 rings (SSSR count). The molecule has 2 aromatic rings. The molecule has 58 heavy (non-hydrogen) atoms. The number of carbonyl (C=O) groups is 4. The topological polar surface area (TPSA) is 185 Å². The van der Waals surface area contributed by atoms with Crippen molar-refractivity contribution in [2.45, 2.75) is 119 Å². The first-order chi connectivity index (χ1) is 27.1. The van der Waals surface area contributed by atoms with Crippen LogP contribution in [-0.4, -0.2) is 112 Å². The SMILES string of the molecule is COc1cc2ccccc2c(O[C@@H]2C[C@H]3C(=O)N[C@]4(C(=O)NS(=O)(=O)C5(CF)CC5)C[C@H]4C=CCC[C@@H](C)C[C@@H](C)[C@H](N(C(=O)O)C(C)(C)C(C)(F)F)C(=O)N3C2)n1. The van der Waals surface area contributed by atoms with Crippen molar-refractivity contribution < 1.29 is 55.3 Å². The molecule has 3 N–H and O–H groups in total. The minimum Gasteiger partial charge on any atom is -0.481 e. The molecule has 14 nitrogen and oxygen atoms in total. The number of hydrogen-bond acceptors (Lipinski definition) is 9. The summed E-state index contributed by atoms with van der Waals surface area (Å²) in [6, 6.07) is 5.69. The fraction of sp³-hybridized carbons (Fsp3) is 0.625. The number of aromatic nitrogens is 1. The van der Waals surface area contributed by atoms with E-state index in [1.54, 1.807) is 43.3 Å². The first-order valence-corrected chi connectivity index (χ1v) is 21.0. The number of benzene rings is 1. The van der Waals surface area contributed by atoms with Gasteiger partial charge in [0.2, 0.25) is 33.6 Å². The number of carbonyl (C=O) groups excluding carboxylic acids is 3. The van der Waals surface area contributed by atoms with Gasteiger partial charge >= 0.3 is 6.09 Å². The number of pyridine rings is 1. The van der Waals surface area contributed by atoms with Crippen LogP contribution in [0.1, 0.15) is 79.6 Å². The largest absolute Gasteiger partial charge is 0.481 e. The summed E-state index contributed by atoms with van der Waals surface area (Å²) in [4.78, 5) is 62.8. The first kappa shape index (κ1) is 43.0. The number of amides is 4. The molecule has 0 radical (unpaired) electrons. The number of fused-ring (bicyclic) bond motifs is 3. The maximum atomic E-state index is 15.4. The highest BCUT2D eigenvalue weighted by atomic mass is 32.2. The van der Waals surface area contributed by atoms with Crippen LogP contribution in [0, 0.1) is 17.8 Å². The molecule has 3 heterocycles. The molecule has 1 aromatic heterocycles. The lowest BCUT2D eigenvalue weighted by Gasteiger charge is -2.47. The Balaban J connectivity index is 1.43. The van der Waals surface area contributed by atoms with E-state index in [0.29, 0.717) is 35.4 Å². The molecule has 7 atom stereocenters. The van der Waals surface area contributed by atoms with Crippen molar-refractivity contribution in [1.29, 1.82) is 0 Å². The molecule has 1 aromatic carbocycles. The number of sulfonamides is 1. The molecule has 0 bridgehead atoms. The second-order valence-electron chi connectivity index (χ2n) is 17.1. The summed E-state index contributed by atoms with van der Waals surface area (Å²) in [6.45, 7) is 4.68. The molecule has 0 unspecified atom stereocenters. The molecule has 4 aliphatic rings. The molecule has 4 amide bonds. The summed E-state index contributed by atoms with van der Waals surface area (Å²) < 4.78 is 83.0. The van der Waals surface area contributed by atoms with Gasteiger partial charge in [0, 0.05) is 30.7 Å². The average molecular weight is 836 g/mol. The van der Waals surface area contributed by atoms with Crippen molar-refractivity contribution in [3.8, 4) is 11.8 Å². The third kappa shape index (κ3) is 7.92. The predicted molar refractivity (Wildman–Crippen MR) is 206 cm³/mol. The third-order valence-electron chi connectivity index (χ3n) is 12.6. The van der Waals surface area contributed by atoms with Gasteiger partial charge in [0.25, 0.3) is 11.8 Å². The molecule has 2 aliphatic carbocycles. The van der Waals surface area contributed by atoms with Gasteiger partial charge in [-0.1, -0.05) is 44.2 Å². The summed E-state index contributed by atoms with van der Waals surface area (Å²) >= 11 is 0. The number of carboxylic acid groups (broad SMARTS) is 1. The number of ether oxygens (including phenoxy) is 2. The number of allylic oxidation sites excluding steroid dienone is 1. The second kappa shape index (κ2) is 15.5. The number of nitrogens with zero attached hydrogens (tertiary/aromatic N) is 3. The molecule has 3 fully saturated rings. The molecular formula is C40H52F3N5O9S. The lowest BCUT2D eigenvalue weighted by atomic mass is 9.84. The maximum absolute atomic E-state index is 15.4. The molecule has 2 aliphatic heterocycles. The van der Waals surface area contributed by atoms with Gasteiger partial charge in [0.05, 0.1) is 13.7 Å². The third-order valence-corrected chi connectivity index (χ3v) is 14.7. The summed E-state index contributed by atoms with van der Waals surface area (Å²) in [5, 5.41) is 14.6. The standard InChI is InChI=1S/C40H52F3N5O9S/c1-23-11-7-9-13-26-20-40(26,35(51)46-58(54,55)39(22-41)15-16-39)45-32(49)29-19-27(57-33-28-14-10-8-12-25(28)18-30(44-33)56-6)21-47(29)34(50)31(24(2)17-23)48(36(52)53)37(3,4)38(5,42)43/h8-10,12-14,18,23-24,26-27,29,31H,7,11,15-17,19-22H2,1-6H3,(H,45,49)(H,46,51)(H,52,53)/t23-,24-,26-,27-,29+,31+,40-/m1/s1. The average Bonchev–Trinajstić information content (AvgIpc) is 4.05. The van der Waals surface area contributed by atoms with E-state index in [9.17, 15) is 32.3 Å². The van der Waals surface area contributed by atoms with Crippen molar-refractivity contribution in [1.82, 2.24) is 24.8 Å². The fourth-order valence-electron chi connectivity index (χ4n) is 8.31. The number of nitrogens with one attached hydrogen (secondary N) is 2. The Morgan fingerprint density at radius 2 is 1.83 bits per heavy atom. The van der Waals surface area contributed by atoms with E-state index in [1.807, 2.05) is 17.7 Å². The quantitative estimate of drug-likeness (QED) is 0.269. The van der Waals surface area contributed by atoms with Gasteiger partial charge in [0.1, 0.15) is 40.7 Å². The zero-order valence-corrected chi connectivity index (χ0v) is 34.3. The number of halogens is 3. The van der Waals surface area contributed by atoms with Crippen molar-refractivity contribution in [2.24, 2.45) is 17.8 Å². The van der Waals surface area contributed by atoms with Gasteiger partial charge < -0.3 is 24.8 Å². The Hall–Kier alpha value is -4.61. The highest BCUT2D eigenvalue weighted by molar-refractivity contribution is 7.91. The maximum Gasteiger partial charge on any atom is 0.408 e. The molecular weight excluding hydrogens is 784 g/mol. The van der Waals surface area contributed by atoms with Gasteiger partial charge in [-0.05, 0) is 75.7 Å². The van der Waals surface area contributed by atoms with Crippen LogP contribution in [0.3, 0.4) is 0 Å². The molecule has 18 heteroatoms. The minimum absolute atomic E-state index is 0.00130. The monoisotopic (exact) mass is 835 g/mol. The van der Waals surface area contributed by atoms with E-state index in [0.717, 1.165) is 18.7 Å². The van der Waals surface area contributed by atoms with E-state index in [4.69, 9.17) is 9.47 Å². The molecule has 318 valence electrons. The first-order valence-electron chi connectivity index (χ1n) is 19.5. The minimum atomic E-state index is -4.47. The normalized spacial score (nSPS) is 28.9. The van der Waals surface area contributed by atoms with Crippen LogP contribution in [0.15, 0.2) is 42.5 Å². The highest BCUT2D eigenvalue weighted by Crippen LogP contribution is 2.48. The number of alkyl halides is 3. The van der Waals surface area contributed by atoms with Crippen LogP contribution in [0.2, 0.25) is 0 Å². The zero-order valence-electron chi connectivity index (χ0n) is 33.5. The van der Waals surface area contributed by atoms with Crippen molar-refractivity contribution in [3.05, 3.63) is 42.5 Å². The Morgan fingerprint density at radius 3 is 2.45 bits per heavy atom. The van der Waals surface area contributed by atoms with Crippen LogP contribution in [0.5, 0.6) is 11.8 Å². The van der Waals surface area contributed by atoms with E-state index in [1.165, 1.54) is 7.11 Å². The van der Waals surface area contributed by atoms with Crippen molar-refractivity contribution in [2.75, 3.05) is 20.3 Å². The van der Waals surface area contributed by atoms with Gasteiger partial charge in [-0.25, -0.2) is 26.4 Å². The van der Waals surface area contributed by atoms with E-state index < -0.39 is 92.3 Å². The lowest BCUT2D eigenvalue weighted by Crippen LogP contribution is -2.66. The summed E-state index contributed by atoms with van der Waals surface area (Å²) in [7, 11) is -3.05. The van der Waals surface area contributed by atoms with Gasteiger partial charge in [0.15, 0.2) is 0 Å². The predicted octanol–water partition coefficient (Wildman–Crippen LogP) is 5.21. The Labute approximate surface area is 335 Å². The molecule has 2 saturated carbocycles. The van der Waals surface area contributed by atoms with Gasteiger partial charge in [-0.2, -0.15) is 4.98 Å². The number of rotatable bonds is 10. The van der Waals surface area contributed by atoms with Crippen LogP contribution in [-0.2, 0) is 24.4 Å². The van der Waals surface area contributed by atoms with Crippen LogP contribution in [0.4, 0.5) is 18.0 Å². The Morgan fingerprint density at radius 1 is 1.14 bits per heavy atom. The van der Waals surface area contributed by atoms with Crippen molar-refractivity contribution in [3.63, 3.8) is 0 Å². The number of hydrogen-bond donors (Lipinski definition) is 3. The summed E-state index contributed by atoms with van der Waals surface area (Å²) in [5.41, 5.74) is -4.18. The fourth-order valence-corrected chi connectivity index (χ4v) is 9.73. The molecule has 0 spiro atoms. The zero-order chi connectivity index (χ0) is 42.6. The Bertz CT molecular complexity index is 2090. The lowest BCUT2D eigenvalue weighted by molar-refractivity contribution is -0.156.